The second-order valence-corrected chi connectivity index (χ2v) is 5.38. The van der Waals surface area contributed by atoms with Crippen LogP contribution < -0.4 is 5.32 Å². The molecule has 0 saturated heterocycles. The van der Waals surface area contributed by atoms with E-state index in [1.165, 1.54) is 16.9 Å². The van der Waals surface area contributed by atoms with E-state index in [0.29, 0.717) is 6.61 Å². The molecule has 1 N–H and O–H groups in total. The van der Waals surface area contributed by atoms with E-state index < -0.39 is 6.04 Å². The summed E-state index contributed by atoms with van der Waals surface area (Å²) < 4.78 is 5.16. The minimum Gasteiger partial charge on any atom is -0.464 e. The molecule has 0 aliphatic rings. The van der Waals surface area contributed by atoms with Gasteiger partial charge in [-0.05, 0) is 32.9 Å². The normalized spacial score (nSPS) is 11.9. The number of ether oxygens (including phenoxy) is 1. The first-order valence-corrected chi connectivity index (χ1v) is 7.39. The van der Waals surface area contributed by atoms with E-state index in [4.69, 9.17) is 4.74 Å². The van der Waals surface area contributed by atoms with Gasteiger partial charge in [-0.15, -0.1) is 11.3 Å². The Hall–Kier alpha value is -1.88. The average Bonchev–Trinajstić information content (AvgIpc) is 2.84. The second kappa shape index (κ2) is 6.52. The summed E-state index contributed by atoms with van der Waals surface area (Å²) in [6.07, 6.45) is 0. The maximum atomic E-state index is 12.2. The smallest absolute Gasteiger partial charge is 0.334 e. The number of carbonyl (C=O) groups is 1. The van der Waals surface area contributed by atoms with Crippen LogP contribution in [0.2, 0.25) is 0 Å². The van der Waals surface area contributed by atoms with Crippen molar-refractivity contribution in [2.75, 3.05) is 11.9 Å². The minimum absolute atomic E-state index is 0.277. The maximum Gasteiger partial charge on any atom is 0.334 e. The first-order valence-electron chi connectivity index (χ1n) is 6.51. The number of nitrogens with zero attached hydrogens (tertiary/aromatic N) is 1. The average molecular weight is 290 g/mol. The fourth-order valence-electron chi connectivity index (χ4n) is 1.86. The lowest BCUT2D eigenvalue weighted by atomic mass is 10.1. The standard InChI is InChI=1S/C15H18N2O2S/c1-4-19-15(18)13(14-11(3)16-9-20-14)17-12-7-5-10(2)6-8-12/h5-9,13,17H,4H2,1-3H3. The van der Waals surface area contributed by atoms with Gasteiger partial charge < -0.3 is 10.1 Å². The number of hydrogen-bond acceptors (Lipinski definition) is 5. The molecule has 0 aliphatic heterocycles. The molecule has 2 aromatic rings. The molecule has 0 amide bonds. The number of benzene rings is 1. The van der Waals surface area contributed by atoms with E-state index in [1.807, 2.05) is 38.1 Å². The Bertz CT molecular complexity index is 578. The molecule has 0 radical (unpaired) electrons. The van der Waals surface area contributed by atoms with Crippen molar-refractivity contribution in [2.24, 2.45) is 0 Å². The Morgan fingerprint density at radius 2 is 2.05 bits per heavy atom. The molecule has 0 saturated carbocycles. The van der Waals surface area contributed by atoms with Crippen molar-refractivity contribution >= 4 is 23.0 Å². The Morgan fingerprint density at radius 3 is 2.60 bits per heavy atom. The van der Waals surface area contributed by atoms with Crippen LogP contribution in [0.3, 0.4) is 0 Å². The molecule has 4 nitrogen and oxygen atoms in total. The summed E-state index contributed by atoms with van der Waals surface area (Å²) in [5.74, 6) is -0.277. The summed E-state index contributed by atoms with van der Waals surface area (Å²) in [6.45, 7) is 6.10. The van der Waals surface area contributed by atoms with Crippen molar-refractivity contribution in [1.82, 2.24) is 4.98 Å². The topological polar surface area (TPSA) is 51.2 Å². The lowest BCUT2D eigenvalue weighted by Gasteiger charge is -2.17. The number of nitrogens with one attached hydrogen (secondary N) is 1. The fourth-order valence-corrected chi connectivity index (χ4v) is 2.70. The van der Waals surface area contributed by atoms with Gasteiger partial charge in [-0.25, -0.2) is 9.78 Å². The zero-order valence-electron chi connectivity index (χ0n) is 11.8. The molecule has 0 bridgehead atoms. The Balaban J connectivity index is 2.25. The number of hydrogen-bond donors (Lipinski definition) is 1. The molecule has 0 aliphatic carbocycles. The summed E-state index contributed by atoms with van der Waals surface area (Å²) in [5.41, 5.74) is 4.67. The molecule has 20 heavy (non-hydrogen) atoms. The third-order valence-electron chi connectivity index (χ3n) is 2.93. The SMILES string of the molecule is CCOC(=O)C(Nc1ccc(C)cc1)c1scnc1C. The third-order valence-corrected chi connectivity index (χ3v) is 3.93. The van der Waals surface area contributed by atoms with Crippen LogP contribution in [0.15, 0.2) is 29.8 Å². The van der Waals surface area contributed by atoms with Gasteiger partial charge in [0.15, 0.2) is 6.04 Å². The van der Waals surface area contributed by atoms with Gasteiger partial charge in [0.05, 0.1) is 22.7 Å². The van der Waals surface area contributed by atoms with E-state index in [1.54, 1.807) is 12.4 Å². The van der Waals surface area contributed by atoms with Crippen LogP contribution in [0.25, 0.3) is 0 Å². The number of carbonyl (C=O) groups excluding carboxylic acids is 1. The molecule has 5 heteroatoms. The summed E-state index contributed by atoms with van der Waals surface area (Å²) in [4.78, 5) is 17.3. The van der Waals surface area contributed by atoms with E-state index >= 15 is 0 Å². The van der Waals surface area contributed by atoms with Crippen molar-refractivity contribution in [1.29, 1.82) is 0 Å². The predicted octanol–water partition coefficient (Wildman–Crippen LogP) is 3.48. The van der Waals surface area contributed by atoms with Gasteiger partial charge >= 0.3 is 5.97 Å². The highest BCUT2D eigenvalue weighted by molar-refractivity contribution is 7.10. The molecular weight excluding hydrogens is 272 g/mol. The molecule has 0 spiro atoms. The van der Waals surface area contributed by atoms with E-state index in [-0.39, 0.29) is 5.97 Å². The van der Waals surface area contributed by atoms with Gasteiger partial charge in [-0.1, -0.05) is 17.7 Å². The van der Waals surface area contributed by atoms with Crippen molar-refractivity contribution in [2.45, 2.75) is 26.8 Å². The van der Waals surface area contributed by atoms with E-state index in [2.05, 4.69) is 10.3 Å². The molecule has 106 valence electrons. The summed E-state index contributed by atoms with van der Waals surface area (Å²) in [6, 6.07) is 7.41. The lowest BCUT2D eigenvalue weighted by molar-refractivity contribution is -0.144. The molecule has 1 aromatic carbocycles. The second-order valence-electron chi connectivity index (χ2n) is 4.50. The van der Waals surface area contributed by atoms with Gasteiger partial charge in [0.25, 0.3) is 0 Å². The Labute approximate surface area is 122 Å². The Kier molecular flexibility index (Phi) is 4.74. The van der Waals surface area contributed by atoms with Crippen LogP contribution in [0.4, 0.5) is 5.69 Å². The lowest BCUT2D eigenvalue weighted by Crippen LogP contribution is -2.23. The third kappa shape index (κ3) is 3.36. The molecule has 1 unspecified atom stereocenters. The van der Waals surface area contributed by atoms with Gasteiger partial charge in [0.2, 0.25) is 0 Å². The first kappa shape index (κ1) is 14.5. The maximum absolute atomic E-state index is 12.2. The van der Waals surface area contributed by atoms with E-state index in [9.17, 15) is 4.79 Å². The zero-order chi connectivity index (χ0) is 14.5. The summed E-state index contributed by atoms with van der Waals surface area (Å²) in [5, 5.41) is 3.23. The van der Waals surface area contributed by atoms with Crippen LogP contribution in [0.1, 0.15) is 29.1 Å². The number of thiazole rings is 1. The molecule has 1 heterocycles. The predicted molar refractivity (Wildman–Crippen MR) is 81.0 cm³/mol. The quantitative estimate of drug-likeness (QED) is 0.857. The summed E-state index contributed by atoms with van der Waals surface area (Å²) in [7, 11) is 0. The highest BCUT2D eigenvalue weighted by atomic mass is 32.1. The van der Waals surface area contributed by atoms with Crippen LogP contribution in [-0.4, -0.2) is 17.6 Å². The number of rotatable bonds is 5. The van der Waals surface area contributed by atoms with Crippen LogP contribution in [0.5, 0.6) is 0 Å². The van der Waals surface area contributed by atoms with Crippen LogP contribution in [-0.2, 0) is 9.53 Å². The number of anilines is 1. The van der Waals surface area contributed by atoms with Gasteiger partial charge in [0, 0.05) is 5.69 Å². The fraction of sp³-hybridized carbons (Fsp3) is 0.333. The highest BCUT2D eigenvalue weighted by Crippen LogP contribution is 2.27. The molecular formula is C15H18N2O2S. The largest absolute Gasteiger partial charge is 0.464 e. The molecule has 0 fully saturated rings. The van der Waals surface area contributed by atoms with Gasteiger partial charge in [-0.3, -0.25) is 0 Å². The Morgan fingerprint density at radius 1 is 1.35 bits per heavy atom. The van der Waals surface area contributed by atoms with Crippen molar-refractivity contribution in [3.63, 3.8) is 0 Å². The molecule has 1 atom stereocenters. The van der Waals surface area contributed by atoms with Crippen LogP contribution in [0, 0.1) is 13.8 Å². The summed E-state index contributed by atoms with van der Waals surface area (Å²) >= 11 is 1.46. The van der Waals surface area contributed by atoms with E-state index in [0.717, 1.165) is 16.3 Å². The number of aromatic nitrogens is 1. The molecule has 1 aromatic heterocycles. The van der Waals surface area contributed by atoms with Crippen LogP contribution >= 0.6 is 11.3 Å². The van der Waals surface area contributed by atoms with Crippen molar-refractivity contribution in [3.8, 4) is 0 Å². The number of aryl methyl sites for hydroxylation is 2. The van der Waals surface area contributed by atoms with Crippen molar-refractivity contribution < 1.29 is 9.53 Å². The zero-order valence-corrected chi connectivity index (χ0v) is 12.7. The minimum atomic E-state index is -0.509. The first-order chi connectivity index (χ1) is 9.61. The van der Waals surface area contributed by atoms with Gasteiger partial charge in [0.1, 0.15) is 0 Å². The monoisotopic (exact) mass is 290 g/mol. The highest BCUT2D eigenvalue weighted by Gasteiger charge is 2.25. The van der Waals surface area contributed by atoms with Crippen molar-refractivity contribution in [3.05, 3.63) is 45.9 Å². The van der Waals surface area contributed by atoms with Gasteiger partial charge in [-0.2, -0.15) is 0 Å². The molecule has 2 rings (SSSR count). The number of esters is 1.